The second-order valence-electron chi connectivity index (χ2n) is 17.0. The van der Waals surface area contributed by atoms with Gasteiger partial charge in [0, 0.05) is 37.4 Å². The molecule has 6 rings (SSSR count). The van der Waals surface area contributed by atoms with Gasteiger partial charge in [0.05, 0.1) is 41.5 Å². The van der Waals surface area contributed by atoms with Gasteiger partial charge in [-0.05, 0) is 81.7 Å². The minimum atomic E-state index is -5.08. The van der Waals surface area contributed by atoms with Crippen LogP contribution in [-0.4, -0.2) is 118 Å². The van der Waals surface area contributed by atoms with E-state index in [2.05, 4.69) is 31.4 Å². The number of rotatable bonds is 21. The van der Waals surface area contributed by atoms with Crippen LogP contribution in [0.1, 0.15) is 92.1 Å². The third-order valence-electron chi connectivity index (χ3n) is 11.5. The molecule has 2 aromatic carbocycles. The second-order valence-corrected chi connectivity index (χ2v) is 17.0. The molecule has 4 amide bonds. The fraction of sp³-hybridized carbons (Fsp3) is 0.478. The van der Waals surface area contributed by atoms with Crippen LogP contribution in [0, 0.1) is 11.7 Å². The van der Waals surface area contributed by atoms with Crippen LogP contribution in [-0.2, 0) is 36.8 Å². The number of benzene rings is 2. The molecule has 2 fully saturated rings. The number of carbonyl (C=O) groups excluding carboxylic acids is 4. The molecule has 2 saturated carbocycles. The van der Waals surface area contributed by atoms with Crippen LogP contribution < -0.4 is 26.0 Å². The number of carboxylic acids is 2. The smallest absolute Gasteiger partial charge is 0.489 e. The Morgan fingerprint density at radius 3 is 2.25 bits per heavy atom. The number of halogens is 4. The summed E-state index contributed by atoms with van der Waals surface area (Å²) < 4.78 is 58.2. The van der Waals surface area contributed by atoms with E-state index >= 15 is 0 Å². The molecule has 0 aliphatic heterocycles. The standard InChI is InChI=1S/C44H54FN7O8.C2HF3O2/c1-26(2)19-36(46-3)42(57)52(4)44(16-8-17-44)43(58)49-30(20-27-9-6-5-7-10-27)25-59-37-24-48-33-14-13-29(45)21-32(33)39(37)41(56)50-35(23-38(53)54)40(55)47-18-15-31-22-34(51-60-31)28-11-12-28;3-2(4,5)1(6)7/h5-7,9-10,13-14,21-22,24,26,28,30,35-36,46H,8,11-12,15-20,23,25H2,1-4H3,(H,47,55)(H,49,58)(H,50,56)(H,53,54);(H,6,7)/t30-,35+,36+;/m1./s1. The number of likely N-dealkylation sites (N-methyl/N-ethyl adjacent to an activating group) is 2. The number of nitrogens with one attached hydrogen (secondary N) is 4. The van der Waals surface area contributed by atoms with Crippen molar-refractivity contribution in [2.45, 2.75) is 107 Å². The van der Waals surface area contributed by atoms with Crippen LogP contribution in [0.5, 0.6) is 5.75 Å². The number of pyridine rings is 1. The molecule has 21 heteroatoms. The number of carboxylic acid groups (broad SMARTS) is 2. The average Bonchev–Trinajstić information content (AvgIpc) is 4.00. The van der Waals surface area contributed by atoms with Crippen LogP contribution >= 0.6 is 0 Å². The predicted molar refractivity (Wildman–Crippen MR) is 233 cm³/mol. The molecule has 3 atom stereocenters. The fourth-order valence-electron chi connectivity index (χ4n) is 7.60. The monoisotopic (exact) mass is 941 g/mol. The lowest BCUT2D eigenvalue weighted by molar-refractivity contribution is -0.192. The van der Waals surface area contributed by atoms with E-state index in [1.54, 1.807) is 19.0 Å². The highest BCUT2D eigenvalue weighted by Gasteiger charge is 2.51. The maximum Gasteiger partial charge on any atom is 0.490 e. The van der Waals surface area contributed by atoms with Gasteiger partial charge in [-0.15, -0.1) is 0 Å². The van der Waals surface area contributed by atoms with Gasteiger partial charge < -0.3 is 45.6 Å². The van der Waals surface area contributed by atoms with Crippen molar-refractivity contribution in [1.29, 1.82) is 0 Å². The first-order valence-electron chi connectivity index (χ1n) is 21.8. The van der Waals surface area contributed by atoms with Crippen molar-refractivity contribution in [2.24, 2.45) is 5.92 Å². The first-order valence-corrected chi connectivity index (χ1v) is 21.8. The summed E-state index contributed by atoms with van der Waals surface area (Å²) >= 11 is 0. The molecular weight excluding hydrogens is 887 g/mol. The molecule has 0 bridgehead atoms. The van der Waals surface area contributed by atoms with Crippen molar-refractivity contribution < 1.29 is 65.8 Å². The summed E-state index contributed by atoms with van der Waals surface area (Å²) in [5.41, 5.74) is 0.750. The highest BCUT2D eigenvalue weighted by atomic mass is 19.4. The first-order chi connectivity index (χ1) is 31.7. The van der Waals surface area contributed by atoms with E-state index in [1.165, 1.54) is 18.3 Å². The molecule has 2 aliphatic rings. The largest absolute Gasteiger partial charge is 0.490 e. The SMILES string of the molecule is CN[C@@H](CC(C)C)C(=O)N(C)C1(C(=O)N[C@@H](COc2cnc3ccc(F)cc3c2C(=O)N[C@@H](CC(=O)O)C(=O)NCCc2cc(C3CC3)no2)Cc2ccccc2)CCC1.O=C(O)C(F)(F)F. The van der Waals surface area contributed by atoms with E-state index < -0.39 is 65.8 Å². The van der Waals surface area contributed by atoms with E-state index in [1.807, 2.05) is 50.2 Å². The van der Waals surface area contributed by atoms with Gasteiger partial charge >= 0.3 is 18.1 Å². The summed E-state index contributed by atoms with van der Waals surface area (Å²) in [6.07, 6.45) is 0.523. The number of hydrogen-bond acceptors (Lipinski definition) is 11. The topological polar surface area (TPSA) is 242 Å². The summed E-state index contributed by atoms with van der Waals surface area (Å²) in [6.45, 7) is 3.99. The van der Waals surface area contributed by atoms with Crippen molar-refractivity contribution in [3.05, 3.63) is 89.2 Å². The fourth-order valence-corrected chi connectivity index (χ4v) is 7.60. The summed E-state index contributed by atoms with van der Waals surface area (Å²) in [4.78, 5) is 82.3. The Bertz CT molecular complexity index is 2390. The second kappa shape index (κ2) is 22.7. The molecular formula is C46H55F4N7O10. The zero-order chi connectivity index (χ0) is 49.1. The Morgan fingerprint density at radius 1 is 0.985 bits per heavy atom. The maximum atomic E-state index is 14.8. The molecule has 0 saturated heterocycles. The van der Waals surface area contributed by atoms with Gasteiger partial charge in [-0.1, -0.05) is 49.3 Å². The first kappa shape index (κ1) is 51.3. The van der Waals surface area contributed by atoms with E-state index in [0.29, 0.717) is 43.8 Å². The number of amides is 4. The van der Waals surface area contributed by atoms with Crippen molar-refractivity contribution in [2.75, 3.05) is 27.2 Å². The molecule has 17 nitrogen and oxygen atoms in total. The highest BCUT2D eigenvalue weighted by Crippen LogP contribution is 2.40. The normalized spacial score (nSPS) is 15.5. The quantitative estimate of drug-likeness (QED) is 0.0609. The number of aromatic nitrogens is 2. The van der Waals surface area contributed by atoms with E-state index in [-0.39, 0.29) is 53.1 Å². The van der Waals surface area contributed by atoms with Crippen LogP contribution in [0.3, 0.4) is 0 Å². The minimum absolute atomic E-state index is 0.0638. The van der Waals surface area contributed by atoms with Crippen molar-refractivity contribution in [1.82, 2.24) is 36.3 Å². The van der Waals surface area contributed by atoms with Gasteiger partial charge in [0.2, 0.25) is 17.7 Å². The van der Waals surface area contributed by atoms with Gasteiger partial charge in [-0.2, -0.15) is 13.2 Å². The summed E-state index contributed by atoms with van der Waals surface area (Å²) in [6, 6.07) is 12.3. The Hall–Kier alpha value is -6.64. The van der Waals surface area contributed by atoms with Crippen molar-refractivity contribution in [3.8, 4) is 5.75 Å². The van der Waals surface area contributed by atoms with E-state index in [9.17, 15) is 46.6 Å². The van der Waals surface area contributed by atoms with Gasteiger partial charge in [-0.25, -0.2) is 9.18 Å². The number of nitrogens with zero attached hydrogens (tertiary/aromatic N) is 3. The molecule has 2 aliphatic carbocycles. The Morgan fingerprint density at radius 2 is 1.67 bits per heavy atom. The zero-order valence-electron chi connectivity index (χ0n) is 37.5. The lowest BCUT2D eigenvalue weighted by atomic mass is 9.74. The molecule has 0 radical (unpaired) electrons. The molecule has 6 N–H and O–H groups in total. The average molecular weight is 942 g/mol. The van der Waals surface area contributed by atoms with Crippen LogP contribution in [0.25, 0.3) is 10.9 Å². The third kappa shape index (κ3) is 13.9. The van der Waals surface area contributed by atoms with Crippen LogP contribution in [0.15, 0.2) is 65.3 Å². The minimum Gasteiger partial charge on any atom is -0.489 e. The van der Waals surface area contributed by atoms with Gasteiger partial charge in [0.25, 0.3) is 5.91 Å². The number of alkyl halides is 3. The number of ether oxygens (including phenoxy) is 1. The Balaban J connectivity index is 0.00000111. The highest BCUT2D eigenvalue weighted by molar-refractivity contribution is 6.09. The lowest BCUT2D eigenvalue weighted by Gasteiger charge is -2.48. The molecule has 362 valence electrons. The number of fused-ring (bicyclic) bond motifs is 1. The predicted octanol–water partition coefficient (Wildman–Crippen LogP) is 4.93. The summed E-state index contributed by atoms with van der Waals surface area (Å²) in [5, 5.41) is 32.4. The van der Waals surface area contributed by atoms with Crippen LogP contribution in [0.4, 0.5) is 17.6 Å². The van der Waals surface area contributed by atoms with Gasteiger partial charge in [-0.3, -0.25) is 29.0 Å². The van der Waals surface area contributed by atoms with E-state index in [0.717, 1.165) is 36.6 Å². The molecule has 2 heterocycles. The zero-order valence-corrected chi connectivity index (χ0v) is 37.5. The lowest BCUT2D eigenvalue weighted by Crippen LogP contribution is -2.66. The maximum absolute atomic E-state index is 14.8. The molecule has 4 aromatic rings. The Kier molecular flexibility index (Phi) is 17.4. The van der Waals surface area contributed by atoms with Crippen LogP contribution in [0.2, 0.25) is 0 Å². The van der Waals surface area contributed by atoms with Gasteiger partial charge in [0.15, 0.2) is 5.75 Å². The van der Waals surface area contributed by atoms with Crippen molar-refractivity contribution >= 4 is 46.5 Å². The molecule has 67 heavy (non-hydrogen) atoms. The number of aliphatic carboxylic acids is 2. The summed E-state index contributed by atoms with van der Waals surface area (Å²) in [5.74, 6) is -5.78. The molecule has 2 aromatic heterocycles. The van der Waals surface area contributed by atoms with E-state index in [4.69, 9.17) is 19.2 Å². The summed E-state index contributed by atoms with van der Waals surface area (Å²) in [7, 11) is 3.40. The molecule has 0 unspecified atom stereocenters. The third-order valence-corrected chi connectivity index (χ3v) is 11.5. The molecule has 0 spiro atoms. The van der Waals surface area contributed by atoms with Gasteiger partial charge in [0.1, 0.15) is 29.8 Å². The Labute approximate surface area is 383 Å². The van der Waals surface area contributed by atoms with Crippen molar-refractivity contribution in [3.63, 3.8) is 0 Å². The number of hydrogen-bond donors (Lipinski definition) is 6. The number of carbonyl (C=O) groups is 6.